The number of nitrogens with zero attached hydrogens (tertiary/aromatic N) is 1. The summed E-state index contributed by atoms with van der Waals surface area (Å²) in [6.45, 7) is 7.33. The molecule has 1 amide bonds. The summed E-state index contributed by atoms with van der Waals surface area (Å²) >= 11 is 0. The summed E-state index contributed by atoms with van der Waals surface area (Å²) < 4.78 is 11.7. The Balaban J connectivity index is 1.60. The quantitative estimate of drug-likeness (QED) is 0.568. The molecule has 2 aliphatic carbocycles. The predicted octanol–water partition coefficient (Wildman–Crippen LogP) is 4.26. The van der Waals surface area contributed by atoms with E-state index in [-0.39, 0.29) is 12.3 Å². The van der Waals surface area contributed by atoms with Crippen LogP contribution in [0.25, 0.3) is 0 Å². The Kier molecular flexibility index (Phi) is 5.75. The van der Waals surface area contributed by atoms with Gasteiger partial charge in [-0.05, 0) is 60.6 Å². The summed E-state index contributed by atoms with van der Waals surface area (Å²) in [5.41, 5.74) is 0.530. The molecule has 1 aromatic rings. The molecule has 2 saturated carbocycles. The van der Waals surface area contributed by atoms with Gasteiger partial charge in [0.2, 0.25) is 5.79 Å². The van der Waals surface area contributed by atoms with Crippen LogP contribution in [-0.2, 0) is 20.7 Å². The van der Waals surface area contributed by atoms with Crippen molar-refractivity contribution in [3.63, 3.8) is 0 Å². The Hall–Kier alpha value is -2.15. The lowest BCUT2D eigenvalue weighted by atomic mass is 9.83. The van der Waals surface area contributed by atoms with E-state index in [1.807, 2.05) is 13.8 Å². The fourth-order valence-corrected chi connectivity index (χ4v) is 5.03. The summed E-state index contributed by atoms with van der Waals surface area (Å²) in [5, 5.41) is 12.0. The van der Waals surface area contributed by atoms with Gasteiger partial charge in [-0.3, -0.25) is 4.98 Å². The van der Waals surface area contributed by atoms with Gasteiger partial charge in [0.1, 0.15) is 0 Å². The minimum absolute atomic E-state index is 0.155. The van der Waals surface area contributed by atoms with Crippen LogP contribution in [0.4, 0.5) is 4.79 Å². The van der Waals surface area contributed by atoms with Crippen LogP contribution in [0.15, 0.2) is 18.3 Å². The highest BCUT2D eigenvalue weighted by atomic mass is 16.8. The summed E-state index contributed by atoms with van der Waals surface area (Å²) in [5.74, 6) is 0.725. The maximum absolute atomic E-state index is 13.1. The van der Waals surface area contributed by atoms with Crippen LogP contribution in [0, 0.1) is 17.8 Å². The van der Waals surface area contributed by atoms with Crippen LogP contribution in [0.3, 0.4) is 0 Å². The summed E-state index contributed by atoms with van der Waals surface area (Å²) in [4.78, 5) is 29.2. The van der Waals surface area contributed by atoms with Gasteiger partial charge in [-0.1, -0.05) is 26.7 Å². The molecular formula is C24H34N2O5. The maximum Gasteiger partial charge on any atom is 0.404 e. The Morgan fingerprint density at radius 3 is 2.68 bits per heavy atom. The molecule has 1 aliphatic heterocycles. The van der Waals surface area contributed by atoms with E-state index in [2.05, 4.69) is 22.4 Å². The molecule has 7 nitrogen and oxygen atoms in total. The first kappa shape index (κ1) is 22.1. The molecule has 0 spiro atoms. The lowest BCUT2D eigenvalue weighted by Gasteiger charge is -2.35. The van der Waals surface area contributed by atoms with Gasteiger partial charge in [-0.15, -0.1) is 0 Å². The smallest absolute Gasteiger partial charge is 0.404 e. The van der Waals surface area contributed by atoms with Crippen LogP contribution in [0.1, 0.15) is 77.0 Å². The van der Waals surface area contributed by atoms with Crippen molar-refractivity contribution in [1.82, 2.24) is 10.3 Å². The number of carboxylic acid groups (broad SMARTS) is 1. The zero-order chi connectivity index (χ0) is 22.4. The number of carbonyl (C=O) groups excluding carboxylic acids is 1. The first-order valence-corrected chi connectivity index (χ1v) is 11.5. The third kappa shape index (κ3) is 5.03. The minimum atomic E-state index is -1.45. The molecular weight excluding hydrogens is 396 g/mol. The van der Waals surface area contributed by atoms with Crippen molar-refractivity contribution in [2.75, 3.05) is 0 Å². The number of pyridine rings is 1. The van der Waals surface area contributed by atoms with Gasteiger partial charge in [0.25, 0.3) is 0 Å². The van der Waals surface area contributed by atoms with Crippen LogP contribution in [-0.4, -0.2) is 39.6 Å². The Morgan fingerprint density at radius 2 is 2.10 bits per heavy atom. The number of carbonyl (C=O) groups is 2. The zero-order valence-corrected chi connectivity index (χ0v) is 18.9. The number of hydrogen-bond donors (Lipinski definition) is 2. The molecule has 0 radical (unpaired) electrons. The second kappa shape index (κ2) is 8.08. The van der Waals surface area contributed by atoms with Crippen molar-refractivity contribution >= 4 is 12.1 Å². The van der Waals surface area contributed by atoms with Crippen molar-refractivity contribution in [2.45, 2.75) is 89.6 Å². The molecule has 1 aromatic heterocycles. The van der Waals surface area contributed by atoms with Crippen molar-refractivity contribution in [3.05, 3.63) is 29.6 Å². The fraction of sp³-hybridized carbons (Fsp3) is 0.708. The van der Waals surface area contributed by atoms with Crippen LogP contribution < -0.4 is 5.32 Å². The molecule has 31 heavy (non-hydrogen) atoms. The summed E-state index contributed by atoms with van der Waals surface area (Å²) in [7, 11) is 0. The van der Waals surface area contributed by atoms with Gasteiger partial charge >= 0.3 is 12.1 Å². The predicted molar refractivity (Wildman–Crippen MR) is 115 cm³/mol. The zero-order valence-electron chi connectivity index (χ0n) is 18.9. The Labute approximate surface area is 183 Å². The molecule has 0 aromatic carbocycles. The first-order valence-electron chi connectivity index (χ1n) is 11.5. The van der Waals surface area contributed by atoms with E-state index in [1.54, 1.807) is 20.0 Å². The highest BCUT2D eigenvalue weighted by Gasteiger charge is 2.59. The number of cyclic esters (lactones) is 1. The number of rotatable bonds is 9. The molecule has 3 fully saturated rings. The van der Waals surface area contributed by atoms with Gasteiger partial charge < -0.3 is 19.9 Å². The minimum Gasteiger partial charge on any atom is -0.465 e. The number of ether oxygens (including phenoxy) is 2. The number of nitrogens with one attached hydrogen (secondary N) is 1. The Morgan fingerprint density at radius 1 is 1.35 bits per heavy atom. The fourth-order valence-electron chi connectivity index (χ4n) is 5.03. The summed E-state index contributed by atoms with van der Waals surface area (Å²) in [6, 6.07) is 3.38. The highest BCUT2D eigenvalue weighted by Crippen LogP contribution is 2.54. The van der Waals surface area contributed by atoms with Gasteiger partial charge in [0, 0.05) is 32.2 Å². The van der Waals surface area contributed by atoms with Crippen molar-refractivity contribution in [2.24, 2.45) is 17.8 Å². The molecule has 3 aliphatic rings. The molecule has 4 rings (SSSR count). The molecule has 2 heterocycles. The topological polar surface area (TPSA) is 97.8 Å². The molecule has 2 N–H and O–H groups in total. The van der Waals surface area contributed by atoms with Crippen LogP contribution >= 0.6 is 0 Å². The average Bonchev–Trinajstić information content (AvgIpc) is 3.56. The number of esters is 1. The number of hydrogen-bond acceptors (Lipinski definition) is 5. The molecule has 0 bridgehead atoms. The second-order valence-electron chi connectivity index (χ2n) is 10.5. The van der Waals surface area contributed by atoms with Crippen LogP contribution in [0.5, 0.6) is 0 Å². The first-order chi connectivity index (χ1) is 14.6. The van der Waals surface area contributed by atoms with Gasteiger partial charge in [0.05, 0.1) is 6.04 Å². The van der Waals surface area contributed by atoms with Crippen molar-refractivity contribution in [3.8, 4) is 0 Å². The standard InChI is InChI=1S/C24H34N2O5/c1-14(2)9-20(26-22(28)29)24(21(27)30-23(3,4)31-24)13-18-11-16(7-8-25-18)19-12-17(19)10-15-5-6-15/h7-8,11,14-15,17,19-20,26H,5-6,9-10,12-13H2,1-4H3,(H,28,29)/t17-,19+,20+,24-/m1/s1. The van der Waals surface area contributed by atoms with E-state index in [9.17, 15) is 14.7 Å². The highest BCUT2D eigenvalue weighted by molar-refractivity contribution is 5.84. The second-order valence-corrected chi connectivity index (χ2v) is 10.5. The number of amides is 1. The van der Waals surface area contributed by atoms with E-state index < -0.39 is 29.5 Å². The molecule has 170 valence electrons. The van der Waals surface area contributed by atoms with Crippen molar-refractivity contribution < 1.29 is 24.2 Å². The van der Waals surface area contributed by atoms with Gasteiger partial charge in [0.15, 0.2) is 5.60 Å². The largest absolute Gasteiger partial charge is 0.465 e. The molecule has 0 unspecified atom stereocenters. The van der Waals surface area contributed by atoms with E-state index in [0.29, 0.717) is 12.3 Å². The average molecular weight is 431 g/mol. The normalized spacial score (nSPS) is 30.2. The maximum atomic E-state index is 13.1. The van der Waals surface area contributed by atoms with Gasteiger partial charge in [-0.2, -0.15) is 0 Å². The van der Waals surface area contributed by atoms with Crippen LogP contribution in [0.2, 0.25) is 0 Å². The third-order valence-corrected chi connectivity index (χ3v) is 6.65. The Bertz CT molecular complexity index is 850. The lowest BCUT2D eigenvalue weighted by Crippen LogP contribution is -2.58. The molecule has 1 saturated heterocycles. The van der Waals surface area contributed by atoms with E-state index in [0.717, 1.165) is 17.5 Å². The lowest BCUT2D eigenvalue weighted by molar-refractivity contribution is -0.170. The third-order valence-electron chi connectivity index (χ3n) is 6.65. The SMILES string of the molecule is CC(C)C[C@H](NC(=O)O)[C@@]1(Cc2cc([C@@H]3C[C@H]3CC3CC3)ccn2)OC(C)(C)OC1=O. The van der Waals surface area contributed by atoms with E-state index in [4.69, 9.17) is 9.47 Å². The monoisotopic (exact) mass is 430 g/mol. The van der Waals surface area contributed by atoms with Gasteiger partial charge in [-0.25, -0.2) is 9.59 Å². The van der Waals surface area contributed by atoms with E-state index >= 15 is 0 Å². The summed E-state index contributed by atoms with van der Waals surface area (Å²) in [6.07, 6.45) is 6.49. The van der Waals surface area contributed by atoms with E-state index in [1.165, 1.54) is 31.2 Å². The number of aromatic nitrogens is 1. The van der Waals surface area contributed by atoms with Crippen molar-refractivity contribution in [1.29, 1.82) is 0 Å². The molecule has 7 heteroatoms. The molecule has 4 atom stereocenters.